The zero-order valence-corrected chi connectivity index (χ0v) is 11.5. The first-order valence-corrected chi connectivity index (χ1v) is 7.38. The van der Waals surface area contributed by atoms with Crippen molar-refractivity contribution >= 4 is 0 Å². The van der Waals surface area contributed by atoms with Gasteiger partial charge in [-0.05, 0) is 25.2 Å². The lowest BCUT2D eigenvalue weighted by Gasteiger charge is -2.41. The quantitative estimate of drug-likeness (QED) is 0.794. The molecule has 100 valence electrons. The zero-order chi connectivity index (χ0) is 12.1. The first-order valence-electron chi connectivity index (χ1n) is 7.38. The van der Waals surface area contributed by atoms with E-state index in [1.807, 2.05) is 0 Å². The van der Waals surface area contributed by atoms with Gasteiger partial charge in [-0.25, -0.2) is 0 Å². The molecule has 2 saturated heterocycles. The van der Waals surface area contributed by atoms with Crippen LogP contribution in [0.5, 0.6) is 0 Å². The molecule has 3 unspecified atom stereocenters. The first kappa shape index (κ1) is 13.3. The predicted octanol–water partition coefficient (Wildman–Crippen LogP) is 1.88. The Balaban J connectivity index is 1.87. The molecule has 17 heavy (non-hydrogen) atoms. The second-order valence-corrected chi connectivity index (χ2v) is 5.64. The molecule has 3 atom stereocenters. The number of piperazine rings is 1. The molecule has 2 rings (SSSR count). The van der Waals surface area contributed by atoms with Crippen LogP contribution < -0.4 is 5.32 Å². The normalized spacial score (nSPS) is 35.3. The summed E-state index contributed by atoms with van der Waals surface area (Å²) in [5, 5.41) is 3.69. The summed E-state index contributed by atoms with van der Waals surface area (Å²) in [7, 11) is 0. The standard InChI is InChI=1S/C14H28N2O/c1-3-5-14-8-15-13(4-2)10-16(14)9-12-6-7-17-11-12/h12-15H,3-11H2,1-2H3. The fourth-order valence-electron chi connectivity index (χ4n) is 3.10. The summed E-state index contributed by atoms with van der Waals surface area (Å²) in [5.41, 5.74) is 0. The van der Waals surface area contributed by atoms with Crippen LogP contribution in [0.4, 0.5) is 0 Å². The van der Waals surface area contributed by atoms with E-state index in [9.17, 15) is 0 Å². The van der Waals surface area contributed by atoms with E-state index in [0.717, 1.165) is 25.2 Å². The molecular formula is C14H28N2O. The monoisotopic (exact) mass is 240 g/mol. The molecule has 0 aromatic carbocycles. The molecule has 0 aromatic rings. The number of ether oxygens (including phenoxy) is 1. The largest absolute Gasteiger partial charge is 0.381 e. The van der Waals surface area contributed by atoms with Gasteiger partial charge in [-0.15, -0.1) is 0 Å². The summed E-state index contributed by atoms with van der Waals surface area (Å²) in [6.45, 7) is 10.2. The summed E-state index contributed by atoms with van der Waals surface area (Å²) in [4.78, 5) is 2.73. The van der Waals surface area contributed by atoms with Crippen molar-refractivity contribution in [1.82, 2.24) is 10.2 Å². The lowest BCUT2D eigenvalue weighted by atomic mass is 10.00. The van der Waals surface area contributed by atoms with Gasteiger partial charge in [0.25, 0.3) is 0 Å². The van der Waals surface area contributed by atoms with Crippen LogP contribution in [0.2, 0.25) is 0 Å². The molecule has 0 saturated carbocycles. The van der Waals surface area contributed by atoms with Crippen molar-refractivity contribution in [3.8, 4) is 0 Å². The molecule has 3 nitrogen and oxygen atoms in total. The number of nitrogens with zero attached hydrogens (tertiary/aromatic N) is 1. The van der Waals surface area contributed by atoms with E-state index in [2.05, 4.69) is 24.1 Å². The van der Waals surface area contributed by atoms with Gasteiger partial charge in [-0.2, -0.15) is 0 Å². The summed E-state index contributed by atoms with van der Waals surface area (Å²) >= 11 is 0. The van der Waals surface area contributed by atoms with E-state index >= 15 is 0 Å². The average Bonchev–Trinajstić information content (AvgIpc) is 2.84. The molecule has 0 bridgehead atoms. The van der Waals surface area contributed by atoms with Crippen LogP contribution in [-0.2, 0) is 4.74 Å². The number of hydrogen-bond donors (Lipinski definition) is 1. The topological polar surface area (TPSA) is 24.5 Å². The highest BCUT2D eigenvalue weighted by molar-refractivity contribution is 4.86. The third-order valence-corrected chi connectivity index (χ3v) is 4.24. The summed E-state index contributed by atoms with van der Waals surface area (Å²) in [6.07, 6.45) is 5.13. The fourth-order valence-corrected chi connectivity index (χ4v) is 3.10. The van der Waals surface area contributed by atoms with Crippen LogP contribution in [0.25, 0.3) is 0 Å². The molecule has 0 amide bonds. The Labute approximate surface area is 106 Å². The van der Waals surface area contributed by atoms with Gasteiger partial charge in [-0.1, -0.05) is 20.3 Å². The highest BCUT2D eigenvalue weighted by atomic mass is 16.5. The Morgan fingerprint density at radius 1 is 1.35 bits per heavy atom. The van der Waals surface area contributed by atoms with E-state index in [1.165, 1.54) is 45.3 Å². The fraction of sp³-hybridized carbons (Fsp3) is 1.00. The molecule has 0 aromatic heterocycles. The minimum atomic E-state index is 0.699. The molecule has 0 spiro atoms. The van der Waals surface area contributed by atoms with Crippen LogP contribution in [0, 0.1) is 5.92 Å². The van der Waals surface area contributed by atoms with Gasteiger partial charge in [0, 0.05) is 38.3 Å². The summed E-state index contributed by atoms with van der Waals surface area (Å²) < 4.78 is 5.50. The van der Waals surface area contributed by atoms with Crippen LogP contribution in [0.1, 0.15) is 39.5 Å². The minimum Gasteiger partial charge on any atom is -0.381 e. The van der Waals surface area contributed by atoms with Gasteiger partial charge < -0.3 is 10.1 Å². The van der Waals surface area contributed by atoms with Crippen molar-refractivity contribution in [2.75, 3.05) is 32.8 Å². The molecule has 3 heteroatoms. The maximum Gasteiger partial charge on any atom is 0.0507 e. The highest BCUT2D eigenvalue weighted by Gasteiger charge is 2.29. The smallest absolute Gasteiger partial charge is 0.0507 e. The van der Waals surface area contributed by atoms with Crippen LogP contribution in [-0.4, -0.2) is 49.8 Å². The Morgan fingerprint density at radius 3 is 2.88 bits per heavy atom. The molecule has 0 aliphatic carbocycles. The Bertz CT molecular complexity index is 216. The van der Waals surface area contributed by atoms with E-state index < -0.39 is 0 Å². The summed E-state index contributed by atoms with van der Waals surface area (Å²) in [5.74, 6) is 0.782. The van der Waals surface area contributed by atoms with Crippen molar-refractivity contribution in [2.45, 2.75) is 51.6 Å². The zero-order valence-electron chi connectivity index (χ0n) is 11.5. The lowest BCUT2D eigenvalue weighted by molar-refractivity contribution is 0.0952. The molecule has 2 heterocycles. The lowest BCUT2D eigenvalue weighted by Crippen LogP contribution is -2.57. The highest BCUT2D eigenvalue weighted by Crippen LogP contribution is 2.20. The van der Waals surface area contributed by atoms with Gasteiger partial charge in [0.2, 0.25) is 0 Å². The third kappa shape index (κ3) is 3.67. The maximum absolute atomic E-state index is 5.50. The van der Waals surface area contributed by atoms with Gasteiger partial charge in [0.1, 0.15) is 0 Å². The van der Waals surface area contributed by atoms with E-state index in [0.29, 0.717) is 6.04 Å². The van der Waals surface area contributed by atoms with Crippen molar-refractivity contribution in [3.63, 3.8) is 0 Å². The van der Waals surface area contributed by atoms with Gasteiger partial charge in [0.05, 0.1) is 6.61 Å². The molecule has 2 aliphatic rings. The maximum atomic E-state index is 5.50. The van der Waals surface area contributed by atoms with Crippen molar-refractivity contribution in [2.24, 2.45) is 5.92 Å². The molecule has 1 N–H and O–H groups in total. The molecule has 2 aliphatic heterocycles. The first-order chi connectivity index (χ1) is 8.33. The Kier molecular flexibility index (Phi) is 5.26. The van der Waals surface area contributed by atoms with Gasteiger partial charge >= 0.3 is 0 Å². The number of nitrogens with one attached hydrogen (secondary N) is 1. The van der Waals surface area contributed by atoms with E-state index in [4.69, 9.17) is 4.74 Å². The van der Waals surface area contributed by atoms with Crippen LogP contribution in [0.3, 0.4) is 0 Å². The molecule has 2 fully saturated rings. The SMILES string of the molecule is CCCC1CNC(CC)CN1CC1CCOC1. The predicted molar refractivity (Wildman–Crippen MR) is 71.3 cm³/mol. The number of rotatable bonds is 5. The van der Waals surface area contributed by atoms with Crippen LogP contribution >= 0.6 is 0 Å². The molecular weight excluding hydrogens is 212 g/mol. The summed E-state index contributed by atoms with van der Waals surface area (Å²) in [6, 6.07) is 1.45. The van der Waals surface area contributed by atoms with Gasteiger partial charge in [0.15, 0.2) is 0 Å². The van der Waals surface area contributed by atoms with Crippen molar-refractivity contribution < 1.29 is 4.74 Å². The Hall–Kier alpha value is -0.120. The third-order valence-electron chi connectivity index (χ3n) is 4.24. The molecule has 0 radical (unpaired) electrons. The second kappa shape index (κ2) is 6.72. The van der Waals surface area contributed by atoms with Crippen molar-refractivity contribution in [1.29, 1.82) is 0 Å². The second-order valence-electron chi connectivity index (χ2n) is 5.64. The Morgan fingerprint density at radius 2 is 2.24 bits per heavy atom. The minimum absolute atomic E-state index is 0.699. The van der Waals surface area contributed by atoms with Crippen molar-refractivity contribution in [3.05, 3.63) is 0 Å². The van der Waals surface area contributed by atoms with E-state index in [1.54, 1.807) is 0 Å². The van der Waals surface area contributed by atoms with Crippen LogP contribution in [0.15, 0.2) is 0 Å². The average molecular weight is 240 g/mol. The van der Waals surface area contributed by atoms with E-state index in [-0.39, 0.29) is 0 Å². The number of hydrogen-bond acceptors (Lipinski definition) is 3. The van der Waals surface area contributed by atoms with Gasteiger partial charge in [-0.3, -0.25) is 4.90 Å².